The van der Waals surface area contributed by atoms with Crippen LogP contribution in [0.5, 0.6) is 0 Å². The van der Waals surface area contributed by atoms with Crippen molar-refractivity contribution in [2.45, 2.75) is 17.7 Å². The summed E-state index contributed by atoms with van der Waals surface area (Å²) in [5, 5.41) is 10.9. The summed E-state index contributed by atoms with van der Waals surface area (Å²) in [5.74, 6) is 0. The van der Waals surface area contributed by atoms with Crippen molar-refractivity contribution in [3.63, 3.8) is 0 Å². The topological polar surface area (TPSA) is 66.4 Å². The zero-order chi connectivity index (χ0) is 14.0. The van der Waals surface area contributed by atoms with Crippen LogP contribution < -0.4 is 4.72 Å². The van der Waals surface area contributed by atoms with Gasteiger partial charge in [0.05, 0.1) is 17.3 Å². The molecule has 1 aromatic heterocycles. The number of halogens is 1. The van der Waals surface area contributed by atoms with Gasteiger partial charge in [0.15, 0.2) is 0 Å². The lowest BCUT2D eigenvalue weighted by Crippen LogP contribution is -2.12. The second kappa shape index (κ2) is 5.50. The molecule has 19 heavy (non-hydrogen) atoms. The lowest BCUT2D eigenvalue weighted by atomic mass is 10.2. The molecule has 0 unspecified atom stereocenters. The predicted molar refractivity (Wildman–Crippen MR) is 77.2 cm³/mol. The highest BCUT2D eigenvalue weighted by Gasteiger charge is 2.19. The molecular formula is C12H12ClNO3S2. The molecule has 0 radical (unpaired) electrons. The Morgan fingerprint density at radius 3 is 2.74 bits per heavy atom. The molecule has 1 heterocycles. The molecule has 2 rings (SSSR count). The first-order valence-corrected chi connectivity index (χ1v) is 8.14. The van der Waals surface area contributed by atoms with Gasteiger partial charge in [-0.05, 0) is 35.6 Å². The maximum Gasteiger partial charge on any atom is 0.271 e. The third kappa shape index (κ3) is 3.09. The van der Waals surface area contributed by atoms with E-state index in [0.29, 0.717) is 16.3 Å². The smallest absolute Gasteiger partial charge is 0.271 e. The van der Waals surface area contributed by atoms with Crippen LogP contribution in [0.4, 0.5) is 5.69 Å². The minimum Gasteiger partial charge on any atom is -0.392 e. The monoisotopic (exact) mass is 317 g/mol. The van der Waals surface area contributed by atoms with Crippen molar-refractivity contribution < 1.29 is 13.5 Å². The molecule has 2 N–H and O–H groups in total. The average Bonchev–Trinajstić information content (AvgIpc) is 2.83. The summed E-state index contributed by atoms with van der Waals surface area (Å²) < 4.78 is 27.0. The van der Waals surface area contributed by atoms with Crippen molar-refractivity contribution in [1.29, 1.82) is 0 Å². The molecule has 0 saturated heterocycles. The SMILES string of the molecule is Cc1cccc(Cl)c1NS(=O)(=O)c1cc(CO)cs1. The molecule has 0 aliphatic rings. The van der Waals surface area contributed by atoms with E-state index in [1.54, 1.807) is 30.5 Å². The highest BCUT2D eigenvalue weighted by atomic mass is 35.5. The van der Waals surface area contributed by atoms with Crippen molar-refractivity contribution in [3.8, 4) is 0 Å². The van der Waals surface area contributed by atoms with Gasteiger partial charge < -0.3 is 5.11 Å². The third-order valence-electron chi connectivity index (χ3n) is 2.54. The number of hydrogen-bond donors (Lipinski definition) is 2. The Labute approximate surface area is 120 Å². The second-order valence-electron chi connectivity index (χ2n) is 3.97. The quantitative estimate of drug-likeness (QED) is 0.911. The molecule has 7 heteroatoms. The van der Waals surface area contributed by atoms with Gasteiger partial charge in [-0.3, -0.25) is 4.72 Å². The van der Waals surface area contributed by atoms with E-state index < -0.39 is 10.0 Å². The molecule has 0 spiro atoms. The number of rotatable bonds is 4. The summed E-state index contributed by atoms with van der Waals surface area (Å²) in [7, 11) is -3.67. The van der Waals surface area contributed by atoms with Crippen LogP contribution in [0.2, 0.25) is 5.02 Å². The number of aliphatic hydroxyl groups excluding tert-OH is 1. The van der Waals surface area contributed by atoms with E-state index in [4.69, 9.17) is 16.7 Å². The van der Waals surface area contributed by atoms with E-state index in [0.717, 1.165) is 16.9 Å². The van der Waals surface area contributed by atoms with Crippen LogP contribution >= 0.6 is 22.9 Å². The van der Waals surface area contributed by atoms with Gasteiger partial charge in [-0.1, -0.05) is 23.7 Å². The van der Waals surface area contributed by atoms with Crippen LogP contribution in [0.25, 0.3) is 0 Å². The fourth-order valence-electron chi connectivity index (χ4n) is 1.52. The summed E-state index contributed by atoms with van der Waals surface area (Å²) >= 11 is 7.05. The largest absolute Gasteiger partial charge is 0.392 e. The fourth-order valence-corrected chi connectivity index (χ4v) is 4.20. The van der Waals surface area contributed by atoms with Gasteiger partial charge in [0.1, 0.15) is 4.21 Å². The standard InChI is InChI=1S/C12H12ClNO3S2/c1-8-3-2-4-10(13)12(8)14-19(16,17)11-5-9(6-15)7-18-11/h2-5,7,14-15H,6H2,1H3. The van der Waals surface area contributed by atoms with E-state index in [-0.39, 0.29) is 10.8 Å². The van der Waals surface area contributed by atoms with Crippen LogP contribution in [-0.2, 0) is 16.6 Å². The number of thiophene rings is 1. The van der Waals surface area contributed by atoms with Crippen molar-refractivity contribution in [1.82, 2.24) is 0 Å². The van der Waals surface area contributed by atoms with Crippen molar-refractivity contribution in [3.05, 3.63) is 45.8 Å². The minimum atomic E-state index is -3.67. The number of aliphatic hydroxyl groups is 1. The van der Waals surface area contributed by atoms with Crippen molar-refractivity contribution in [2.75, 3.05) is 4.72 Å². The highest BCUT2D eigenvalue weighted by Crippen LogP contribution is 2.29. The summed E-state index contributed by atoms with van der Waals surface area (Å²) in [6.45, 7) is 1.59. The molecule has 0 aliphatic carbocycles. The Balaban J connectivity index is 2.36. The molecule has 0 atom stereocenters. The number of benzene rings is 1. The number of para-hydroxylation sites is 1. The van der Waals surface area contributed by atoms with Gasteiger partial charge in [0.25, 0.3) is 10.0 Å². The Morgan fingerprint density at radius 1 is 1.42 bits per heavy atom. The molecule has 1 aromatic carbocycles. The summed E-state index contributed by atoms with van der Waals surface area (Å²) in [5.41, 5.74) is 1.69. The van der Waals surface area contributed by atoms with Crippen molar-refractivity contribution >= 4 is 38.6 Å². The molecule has 2 aromatic rings. The lowest BCUT2D eigenvalue weighted by Gasteiger charge is -2.10. The van der Waals surface area contributed by atoms with Crippen LogP contribution in [-0.4, -0.2) is 13.5 Å². The van der Waals surface area contributed by atoms with E-state index in [1.807, 2.05) is 0 Å². The number of anilines is 1. The zero-order valence-electron chi connectivity index (χ0n) is 10.1. The third-order valence-corrected chi connectivity index (χ3v) is 5.69. The summed E-state index contributed by atoms with van der Waals surface area (Å²) in [4.78, 5) is 0. The Kier molecular flexibility index (Phi) is 4.15. The molecular weight excluding hydrogens is 306 g/mol. The Bertz CT molecular complexity index is 675. The molecule has 4 nitrogen and oxygen atoms in total. The molecule has 0 bridgehead atoms. The maximum atomic E-state index is 12.2. The molecule has 0 amide bonds. The second-order valence-corrected chi connectivity index (χ2v) is 7.20. The molecule has 0 aliphatic heterocycles. The highest BCUT2D eigenvalue weighted by molar-refractivity contribution is 7.94. The first-order chi connectivity index (χ1) is 8.94. The van der Waals surface area contributed by atoms with E-state index in [9.17, 15) is 8.42 Å². The number of nitrogens with one attached hydrogen (secondary N) is 1. The predicted octanol–water partition coefficient (Wildman–Crippen LogP) is 3.00. The van der Waals surface area contributed by atoms with Gasteiger partial charge >= 0.3 is 0 Å². The van der Waals surface area contributed by atoms with Crippen molar-refractivity contribution in [2.24, 2.45) is 0 Å². The van der Waals surface area contributed by atoms with Crippen LogP contribution in [0, 0.1) is 6.92 Å². The van der Waals surface area contributed by atoms with E-state index >= 15 is 0 Å². The minimum absolute atomic E-state index is 0.149. The lowest BCUT2D eigenvalue weighted by molar-refractivity contribution is 0.282. The maximum absolute atomic E-state index is 12.2. The molecule has 102 valence electrons. The normalized spacial score (nSPS) is 11.5. The van der Waals surface area contributed by atoms with Gasteiger partial charge in [0, 0.05) is 0 Å². The summed E-state index contributed by atoms with van der Waals surface area (Å²) in [6, 6.07) is 6.60. The first kappa shape index (κ1) is 14.3. The Morgan fingerprint density at radius 2 is 2.16 bits per heavy atom. The summed E-state index contributed by atoms with van der Waals surface area (Å²) in [6.07, 6.45) is 0. The number of hydrogen-bond acceptors (Lipinski definition) is 4. The van der Waals surface area contributed by atoms with Crippen LogP contribution in [0.3, 0.4) is 0 Å². The van der Waals surface area contributed by atoms with E-state index in [2.05, 4.69) is 4.72 Å². The first-order valence-electron chi connectivity index (χ1n) is 5.40. The molecule has 0 fully saturated rings. The van der Waals surface area contributed by atoms with Crippen LogP contribution in [0.1, 0.15) is 11.1 Å². The van der Waals surface area contributed by atoms with Crippen LogP contribution in [0.15, 0.2) is 33.9 Å². The molecule has 0 saturated carbocycles. The average molecular weight is 318 g/mol. The van der Waals surface area contributed by atoms with Gasteiger partial charge in [0.2, 0.25) is 0 Å². The zero-order valence-corrected chi connectivity index (χ0v) is 12.4. The Hall–Kier alpha value is -1.08. The van der Waals surface area contributed by atoms with Gasteiger partial charge in [-0.25, -0.2) is 8.42 Å². The van der Waals surface area contributed by atoms with Gasteiger partial charge in [-0.2, -0.15) is 0 Å². The fraction of sp³-hybridized carbons (Fsp3) is 0.167. The number of aryl methyl sites for hydroxylation is 1. The number of sulfonamides is 1. The van der Waals surface area contributed by atoms with E-state index in [1.165, 1.54) is 6.07 Å². The van der Waals surface area contributed by atoms with Gasteiger partial charge in [-0.15, -0.1) is 11.3 Å².